The number of aliphatic carboxylic acids is 2. The van der Waals surface area contributed by atoms with Crippen LogP contribution in [-0.4, -0.2) is 118 Å². The van der Waals surface area contributed by atoms with Crippen LogP contribution >= 0.6 is 23.3 Å². The molecule has 1 fully saturated rings. The van der Waals surface area contributed by atoms with Crippen molar-refractivity contribution in [2.45, 2.75) is 37.4 Å². The fourth-order valence-electron chi connectivity index (χ4n) is 4.07. The van der Waals surface area contributed by atoms with Gasteiger partial charge in [-0.15, -0.1) is 21.1 Å². The smallest absolute Gasteiger partial charge is 0.394 e. The molecule has 0 unspecified atom stereocenters. The second kappa shape index (κ2) is 15.6. The predicted molar refractivity (Wildman–Crippen MR) is 173 cm³/mol. The summed E-state index contributed by atoms with van der Waals surface area (Å²) in [4.78, 5) is 63.0. The van der Waals surface area contributed by atoms with E-state index in [2.05, 4.69) is 30.1 Å². The number of urea groups is 1. The molecule has 2 aromatic heterocycles. The van der Waals surface area contributed by atoms with Crippen molar-refractivity contribution in [1.82, 2.24) is 24.3 Å². The number of aliphatic imine (C=N–C) groups is 1. The van der Waals surface area contributed by atoms with Crippen LogP contribution < -0.4 is 37.6 Å². The number of aromatic nitrogens is 4. The summed E-state index contributed by atoms with van der Waals surface area (Å²) < 4.78 is 38.6. The van der Waals surface area contributed by atoms with Gasteiger partial charge < -0.3 is 42.7 Å². The highest BCUT2D eigenvalue weighted by atomic mass is 32.3. The van der Waals surface area contributed by atoms with Gasteiger partial charge in [0.15, 0.2) is 40.8 Å². The van der Waals surface area contributed by atoms with Crippen LogP contribution in [0.5, 0.6) is 0 Å². The number of hydrogen-bond acceptors (Lipinski definition) is 17. The number of β-lactam (4-membered cyclic amide) rings is 1. The Kier molecular flexibility index (Phi) is 12.3. The van der Waals surface area contributed by atoms with Gasteiger partial charge in [-0.25, -0.2) is 14.4 Å². The van der Waals surface area contributed by atoms with Crippen molar-refractivity contribution in [1.29, 1.82) is 0 Å². The summed E-state index contributed by atoms with van der Waals surface area (Å²) in [5, 5.41) is 40.5. The van der Waals surface area contributed by atoms with Crippen LogP contribution in [-0.2, 0) is 43.2 Å². The van der Waals surface area contributed by atoms with Crippen molar-refractivity contribution in [3.05, 3.63) is 23.3 Å². The molecule has 3 amide bonds. The molecule has 0 aliphatic carbocycles. The van der Waals surface area contributed by atoms with Crippen molar-refractivity contribution in [2.75, 3.05) is 35.6 Å². The van der Waals surface area contributed by atoms with Crippen LogP contribution in [0.3, 0.4) is 0 Å². The molecular weight excluding hydrogens is 733 g/mol. The highest BCUT2D eigenvalue weighted by molar-refractivity contribution is 8.00. The molecule has 2 aliphatic rings. The van der Waals surface area contributed by atoms with Gasteiger partial charge in [0.05, 0.1) is 7.05 Å². The first-order valence-corrected chi connectivity index (χ1v) is 16.9. The summed E-state index contributed by atoms with van der Waals surface area (Å²) in [7, 11) is -3.06. The number of fused-ring (bicyclic) bond motifs is 1. The van der Waals surface area contributed by atoms with Crippen molar-refractivity contribution >= 4 is 85.8 Å². The van der Waals surface area contributed by atoms with Gasteiger partial charge in [0.2, 0.25) is 11.8 Å². The lowest BCUT2D eigenvalue weighted by molar-refractivity contribution is -0.765. The number of oxime groups is 1. The number of nitrogens with one attached hydrogen (secondary N) is 2. The Labute approximate surface area is 290 Å². The highest BCUT2D eigenvalue weighted by Crippen LogP contribution is 2.42. The minimum atomic E-state index is -4.67. The number of anilines is 3. The molecule has 274 valence electrons. The molecule has 0 aromatic carbocycles. The first kappa shape index (κ1) is 39.3. The first-order chi connectivity index (χ1) is 23.2. The Balaban J connectivity index is 0.00000126. The molecule has 27 heteroatoms. The number of nitrogens with zero attached hydrogens (tertiary/aromatic N) is 7. The third kappa shape index (κ3) is 9.53. The molecule has 2 atom stereocenters. The summed E-state index contributed by atoms with van der Waals surface area (Å²) in [6.45, 7) is 2.89. The number of nitrogen functional groups attached to an aromatic ring is 2. The Morgan fingerprint density at radius 1 is 1.26 bits per heavy atom. The number of carbonyl (C=O) groups excluding carboxylic acids is 2. The molecule has 2 aliphatic heterocycles. The largest absolute Gasteiger partial charge is 0.857 e. The second-order valence-corrected chi connectivity index (χ2v) is 13.3. The Hall–Kier alpha value is -5.09. The zero-order chi connectivity index (χ0) is 37.7. The minimum absolute atomic E-state index is 0.00307. The van der Waals surface area contributed by atoms with E-state index in [0.29, 0.717) is 5.57 Å². The molecule has 24 nitrogen and oxygen atoms in total. The van der Waals surface area contributed by atoms with E-state index >= 15 is 0 Å². The quantitative estimate of drug-likeness (QED) is 0.0252. The number of hydrogen-bond donors (Lipinski definition) is 9. The second-order valence-electron chi connectivity index (χ2n) is 10.5. The minimum Gasteiger partial charge on any atom is -0.857 e. The summed E-state index contributed by atoms with van der Waals surface area (Å²) in [5.41, 5.74) is 15.1. The number of nitrogens with two attached hydrogens (primary N) is 3. The number of amides is 3. The summed E-state index contributed by atoms with van der Waals surface area (Å²) in [6.07, 6.45) is 1.52. The van der Waals surface area contributed by atoms with E-state index in [4.69, 9.17) is 39.6 Å². The van der Waals surface area contributed by atoms with E-state index in [1.807, 2.05) is 0 Å². The maximum Gasteiger partial charge on any atom is 0.394 e. The Morgan fingerprint density at radius 2 is 1.90 bits per heavy atom. The molecular formula is C23H32N12O12S3. The number of rotatable bonds is 12. The molecule has 0 saturated carbocycles. The SMILES string of the molecule is Cn1c(N)c(NC(=O)NCCN)c[n+]1CC1=C(C(=O)O)N2C(=O)[C@@H](N=C([O-])/C(=N/OC(C)(C)C(=O)O)c3nsc(N)n3)[C@H]2SC1.O=S(=O)(O)O. The summed E-state index contributed by atoms with van der Waals surface area (Å²) in [5.74, 6) is -4.54. The molecule has 50 heavy (non-hydrogen) atoms. The number of carbonyl (C=O) groups is 4. The Morgan fingerprint density at radius 3 is 2.44 bits per heavy atom. The predicted octanol–water partition coefficient (Wildman–Crippen LogP) is -3.58. The molecule has 1 saturated heterocycles. The summed E-state index contributed by atoms with van der Waals surface area (Å²) >= 11 is 1.92. The Bertz CT molecular complexity index is 1860. The lowest BCUT2D eigenvalue weighted by Crippen LogP contribution is -2.65. The normalized spacial score (nSPS) is 18.0. The average molecular weight is 765 g/mol. The van der Waals surface area contributed by atoms with Crippen LogP contribution in [0.2, 0.25) is 0 Å². The van der Waals surface area contributed by atoms with Crippen LogP contribution in [0.1, 0.15) is 19.7 Å². The first-order valence-electron chi connectivity index (χ1n) is 13.7. The van der Waals surface area contributed by atoms with Crippen LogP contribution in [0.15, 0.2) is 27.6 Å². The van der Waals surface area contributed by atoms with E-state index in [0.717, 1.165) is 16.4 Å². The third-order valence-corrected chi connectivity index (χ3v) is 8.40. The van der Waals surface area contributed by atoms with Gasteiger partial charge in [-0.05, 0) is 13.8 Å². The molecule has 2 aromatic rings. The highest BCUT2D eigenvalue weighted by Gasteiger charge is 2.54. The lowest BCUT2D eigenvalue weighted by atomic mass is 10.0. The molecule has 0 radical (unpaired) electrons. The molecule has 4 rings (SSSR count). The van der Waals surface area contributed by atoms with Gasteiger partial charge in [0.1, 0.15) is 11.1 Å². The number of thioether (sulfide) groups is 1. The van der Waals surface area contributed by atoms with Crippen LogP contribution in [0, 0.1) is 0 Å². The van der Waals surface area contributed by atoms with Gasteiger partial charge in [-0.2, -0.15) is 17.8 Å². The van der Waals surface area contributed by atoms with Gasteiger partial charge in [-0.3, -0.25) is 29.1 Å². The van der Waals surface area contributed by atoms with Gasteiger partial charge in [0.25, 0.3) is 5.91 Å². The van der Waals surface area contributed by atoms with E-state index in [-0.39, 0.29) is 53.5 Å². The van der Waals surface area contributed by atoms with E-state index in [1.54, 1.807) is 11.7 Å². The van der Waals surface area contributed by atoms with E-state index in [9.17, 15) is 34.5 Å². The monoisotopic (exact) mass is 764 g/mol. The van der Waals surface area contributed by atoms with E-state index < -0.39 is 62.9 Å². The van der Waals surface area contributed by atoms with Crippen molar-refractivity contribution in [2.24, 2.45) is 22.9 Å². The number of carboxylic acids is 2. The average Bonchev–Trinajstić information content (AvgIpc) is 3.55. The van der Waals surface area contributed by atoms with Crippen LogP contribution in [0.4, 0.5) is 21.4 Å². The van der Waals surface area contributed by atoms with Crippen LogP contribution in [0.25, 0.3) is 0 Å². The van der Waals surface area contributed by atoms with Gasteiger partial charge >= 0.3 is 28.4 Å². The molecule has 0 spiro atoms. The molecule has 12 N–H and O–H groups in total. The standard InChI is InChI=1S/C23H30N12O8S2.H2O4S/c1-23(2,20(40)41)43-31-11(15-30-21(26)45-32-15)16(36)29-12-17(37)35-13(19(38)39)9(8-44-18(12)35)6-34-7-10(14(25)33(34)3)28-22(42)27-5-4-24;1-5(2,3)4/h7,12,18,25H,4-6,8,24H2,1-3H3,(H7,26,27,28,29,30,32,36,38,39,40,41,42);(H2,1,2,3,4)/b31-11+;/t12-,18-;/m1./s1. The zero-order valence-corrected chi connectivity index (χ0v) is 28.7. The molecule has 0 bridgehead atoms. The topological polar surface area (TPSA) is 380 Å². The number of carboxylic acid groups (broad SMARTS) is 2. The fourth-order valence-corrected chi connectivity index (χ4v) is 5.83. The van der Waals surface area contributed by atoms with Gasteiger partial charge in [0, 0.05) is 41.8 Å². The summed E-state index contributed by atoms with van der Waals surface area (Å²) in [6, 6.07) is -1.81. The maximum absolute atomic E-state index is 13.2. The van der Waals surface area contributed by atoms with Crippen molar-refractivity contribution < 1.29 is 61.5 Å². The van der Waals surface area contributed by atoms with Gasteiger partial charge in [-0.1, -0.05) is 5.16 Å². The van der Waals surface area contributed by atoms with Crippen molar-refractivity contribution in [3.8, 4) is 0 Å². The third-order valence-electron chi connectivity index (χ3n) is 6.53. The van der Waals surface area contributed by atoms with Crippen molar-refractivity contribution in [3.63, 3.8) is 0 Å². The fraction of sp³-hybridized carbons (Fsp3) is 0.435. The lowest BCUT2D eigenvalue weighted by Gasteiger charge is -2.47. The zero-order valence-electron chi connectivity index (χ0n) is 26.2. The maximum atomic E-state index is 13.2. The van der Waals surface area contributed by atoms with E-state index in [1.165, 1.54) is 36.5 Å². The molecule has 4 heterocycles.